The van der Waals surface area contributed by atoms with E-state index in [2.05, 4.69) is 17.3 Å². The van der Waals surface area contributed by atoms with Crippen molar-refractivity contribution >= 4 is 10.1 Å². The molecule has 0 spiro atoms. The van der Waals surface area contributed by atoms with Crippen LogP contribution in [0.25, 0.3) is 11.1 Å². The van der Waals surface area contributed by atoms with Crippen molar-refractivity contribution in [3.8, 4) is 17.0 Å². The number of ether oxygens (including phenoxy) is 1. The summed E-state index contributed by atoms with van der Waals surface area (Å²) in [6, 6.07) is 9.89. The van der Waals surface area contributed by atoms with Crippen LogP contribution < -0.4 is 4.74 Å². The van der Waals surface area contributed by atoms with Crippen LogP contribution in [0.2, 0.25) is 0 Å². The highest BCUT2D eigenvalue weighted by atomic mass is 32.2. The number of aromatic nitrogens is 2. The fourth-order valence-electron chi connectivity index (χ4n) is 3.01. The third kappa shape index (κ3) is 5.19. The Hall–Kier alpha value is -2.12. The van der Waals surface area contributed by atoms with Gasteiger partial charge in [0.2, 0.25) is 5.88 Å². The fourth-order valence-corrected chi connectivity index (χ4v) is 3.67. The first-order valence-electron chi connectivity index (χ1n) is 8.75. The number of hydrogen-bond acceptors (Lipinski definition) is 5. The summed E-state index contributed by atoms with van der Waals surface area (Å²) < 4.78 is 35.4. The van der Waals surface area contributed by atoms with E-state index in [4.69, 9.17) is 8.92 Å². The Morgan fingerprint density at radius 3 is 2.73 bits per heavy atom. The Labute approximate surface area is 154 Å². The van der Waals surface area contributed by atoms with Crippen molar-refractivity contribution in [1.82, 2.24) is 9.78 Å². The highest BCUT2D eigenvalue weighted by Gasteiger charge is 2.19. The van der Waals surface area contributed by atoms with E-state index in [0.29, 0.717) is 12.4 Å². The number of allylic oxidation sites excluding steroid dienone is 1. The Bertz CT molecular complexity index is 859. The van der Waals surface area contributed by atoms with Gasteiger partial charge in [0.05, 0.1) is 24.5 Å². The minimum atomic E-state index is -3.50. The summed E-state index contributed by atoms with van der Waals surface area (Å²) in [5.74, 6) is 0.555. The smallest absolute Gasteiger partial charge is 0.264 e. The molecule has 2 aromatic rings. The van der Waals surface area contributed by atoms with E-state index in [1.54, 1.807) is 11.6 Å². The van der Waals surface area contributed by atoms with Gasteiger partial charge in [0.25, 0.3) is 10.1 Å². The Morgan fingerprint density at radius 1 is 1.31 bits per heavy atom. The molecule has 1 aromatic carbocycles. The van der Waals surface area contributed by atoms with Gasteiger partial charge in [-0.1, -0.05) is 36.4 Å². The van der Waals surface area contributed by atoms with Crippen LogP contribution in [-0.2, 0) is 20.8 Å². The van der Waals surface area contributed by atoms with Crippen LogP contribution in [0.1, 0.15) is 26.2 Å². The summed E-state index contributed by atoms with van der Waals surface area (Å²) in [4.78, 5) is 0. The Balaban J connectivity index is 1.84. The molecule has 2 unspecified atom stereocenters. The molecule has 1 aliphatic rings. The monoisotopic (exact) mass is 376 g/mol. The second-order valence-electron chi connectivity index (χ2n) is 6.56. The molecule has 7 heteroatoms. The molecule has 0 bridgehead atoms. The molecule has 1 aromatic heterocycles. The molecule has 140 valence electrons. The highest BCUT2D eigenvalue weighted by Crippen LogP contribution is 2.31. The van der Waals surface area contributed by atoms with E-state index in [1.807, 2.05) is 36.5 Å². The largest absolute Gasteiger partial charge is 0.469 e. The number of benzene rings is 1. The molecule has 1 heterocycles. The predicted molar refractivity (Wildman–Crippen MR) is 100 cm³/mol. The molecule has 0 amide bonds. The standard InChI is InChI=1S/C19H24N2O4S/c1-15(25-26(2,22)23)13-21-14-18(16-9-5-3-6-10-16)19(20-21)24-17-11-7-4-8-12-17/h3,5-7,9-11,14-15,17H,4,8,12-13H2,1-2H3. The normalized spacial score (nSPS) is 18.6. The van der Waals surface area contributed by atoms with E-state index < -0.39 is 16.2 Å². The molecule has 2 atom stereocenters. The predicted octanol–water partition coefficient (Wildman–Crippen LogP) is 3.40. The summed E-state index contributed by atoms with van der Waals surface area (Å²) in [5.41, 5.74) is 1.89. The summed E-state index contributed by atoms with van der Waals surface area (Å²) >= 11 is 0. The van der Waals surface area contributed by atoms with E-state index in [0.717, 1.165) is 36.6 Å². The van der Waals surface area contributed by atoms with E-state index in [1.165, 1.54) is 0 Å². The third-order valence-electron chi connectivity index (χ3n) is 4.07. The van der Waals surface area contributed by atoms with E-state index in [-0.39, 0.29) is 6.10 Å². The highest BCUT2D eigenvalue weighted by molar-refractivity contribution is 7.86. The van der Waals surface area contributed by atoms with E-state index >= 15 is 0 Å². The lowest BCUT2D eigenvalue weighted by atomic mass is 10.1. The molecule has 26 heavy (non-hydrogen) atoms. The second-order valence-corrected chi connectivity index (χ2v) is 8.16. The zero-order valence-corrected chi connectivity index (χ0v) is 15.9. The van der Waals surface area contributed by atoms with Crippen LogP contribution in [0.4, 0.5) is 0 Å². The van der Waals surface area contributed by atoms with Crippen molar-refractivity contribution < 1.29 is 17.3 Å². The maximum absolute atomic E-state index is 11.3. The lowest BCUT2D eigenvalue weighted by Crippen LogP contribution is -2.20. The van der Waals surface area contributed by atoms with Crippen molar-refractivity contribution in [2.24, 2.45) is 0 Å². The first kappa shape index (κ1) is 18.7. The van der Waals surface area contributed by atoms with Crippen LogP contribution in [0.3, 0.4) is 0 Å². The quantitative estimate of drug-likeness (QED) is 0.547. The summed E-state index contributed by atoms with van der Waals surface area (Å²) in [5, 5.41) is 4.54. The van der Waals surface area contributed by atoms with Gasteiger partial charge < -0.3 is 4.74 Å². The van der Waals surface area contributed by atoms with Crippen LogP contribution in [0.5, 0.6) is 5.88 Å². The SMILES string of the molecule is CC(Cn1cc(-c2ccccc2)c(OC2C=CCCC2)n1)OS(C)(=O)=O. The van der Waals surface area contributed by atoms with Gasteiger partial charge in [-0.3, -0.25) is 8.86 Å². The van der Waals surface area contributed by atoms with Crippen LogP contribution >= 0.6 is 0 Å². The van der Waals surface area contributed by atoms with Gasteiger partial charge >= 0.3 is 0 Å². The average Bonchev–Trinajstić information content (AvgIpc) is 2.97. The molecule has 0 aliphatic heterocycles. The van der Waals surface area contributed by atoms with Crippen LogP contribution in [0.15, 0.2) is 48.7 Å². The van der Waals surface area contributed by atoms with Gasteiger partial charge in [-0.05, 0) is 37.8 Å². The first-order valence-corrected chi connectivity index (χ1v) is 10.6. The summed E-state index contributed by atoms with van der Waals surface area (Å²) in [7, 11) is -3.50. The molecule has 3 rings (SSSR count). The molecule has 0 saturated heterocycles. The molecule has 0 radical (unpaired) electrons. The third-order valence-corrected chi connectivity index (χ3v) is 4.75. The maximum atomic E-state index is 11.3. The van der Waals surface area contributed by atoms with Crippen molar-refractivity contribution in [1.29, 1.82) is 0 Å². The molecule has 0 saturated carbocycles. The minimum Gasteiger partial charge on any atom is -0.469 e. The zero-order chi connectivity index (χ0) is 18.6. The molecular formula is C19H24N2O4S. The van der Waals surface area contributed by atoms with Crippen LogP contribution in [-0.4, -0.2) is 36.7 Å². The van der Waals surface area contributed by atoms with Gasteiger partial charge in [0.1, 0.15) is 6.10 Å². The van der Waals surface area contributed by atoms with E-state index in [9.17, 15) is 8.42 Å². The topological polar surface area (TPSA) is 70.4 Å². The fraction of sp³-hybridized carbons (Fsp3) is 0.421. The van der Waals surface area contributed by atoms with Crippen molar-refractivity contribution in [3.05, 3.63) is 48.7 Å². The molecular weight excluding hydrogens is 352 g/mol. The first-order chi connectivity index (χ1) is 12.4. The van der Waals surface area contributed by atoms with Gasteiger partial charge in [-0.2, -0.15) is 8.42 Å². The lowest BCUT2D eigenvalue weighted by molar-refractivity contribution is 0.196. The molecule has 0 N–H and O–H groups in total. The number of hydrogen-bond donors (Lipinski definition) is 0. The number of rotatable bonds is 7. The van der Waals surface area contributed by atoms with Gasteiger partial charge in [0, 0.05) is 6.20 Å². The molecule has 1 aliphatic carbocycles. The van der Waals surface area contributed by atoms with Crippen molar-refractivity contribution in [2.75, 3.05) is 6.26 Å². The van der Waals surface area contributed by atoms with Gasteiger partial charge in [-0.15, -0.1) is 5.10 Å². The lowest BCUT2D eigenvalue weighted by Gasteiger charge is -2.17. The Kier molecular flexibility index (Phi) is 5.78. The maximum Gasteiger partial charge on any atom is 0.264 e. The zero-order valence-electron chi connectivity index (χ0n) is 15.0. The summed E-state index contributed by atoms with van der Waals surface area (Å²) in [6.45, 7) is 2.02. The number of nitrogens with zero attached hydrogens (tertiary/aromatic N) is 2. The minimum absolute atomic E-state index is 0.0132. The average molecular weight is 376 g/mol. The second kappa shape index (κ2) is 8.05. The van der Waals surface area contributed by atoms with Crippen molar-refractivity contribution in [3.63, 3.8) is 0 Å². The molecule has 6 nitrogen and oxygen atoms in total. The Morgan fingerprint density at radius 2 is 2.08 bits per heavy atom. The van der Waals surface area contributed by atoms with Crippen LogP contribution in [0, 0.1) is 0 Å². The van der Waals surface area contributed by atoms with Gasteiger partial charge in [-0.25, -0.2) is 0 Å². The molecule has 0 fully saturated rings. The van der Waals surface area contributed by atoms with Crippen molar-refractivity contribution in [2.45, 2.75) is 44.9 Å². The van der Waals surface area contributed by atoms with Gasteiger partial charge in [0.15, 0.2) is 0 Å². The summed E-state index contributed by atoms with van der Waals surface area (Å²) in [6.07, 6.45) is 9.77.